The molecule has 0 amide bonds. The van der Waals surface area contributed by atoms with Gasteiger partial charge in [-0.1, -0.05) is 12.1 Å². The Balaban J connectivity index is 2.29. The molecule has 3 rings (SSSR count). The molecule has 0 N–H and O–H groups in total. The third-order valence-corrected chi connectivity index (χ3v) is 2.76. The number of hydrogen-bond donors (Lipinski definition) is 0. The Hall–Kier alpha value is -2.67. The van der Waals surface area contributed by atoms with E-state index in [1.54, 1.807) is 12.1 Å². The first-order chi connectivity index (χ1) is 8.79. The first kappa shape index (κ1) is 10.5. The third-order valence-electron chi connectivity index (χ3n) is 2.76. The molecule has 1 aromatic heterocycles. The van der Waals surface area contributed by atoms with Crippen LogP contribution in [0, 0.1) is 17.1 Å². The molecule has 0 aliphatic carbocycles. The summed E-state index contributed by atoms with van der Waals surface area (Å²) in [6.07, 6.45) is 0. The molecule has 0 fully saturated rings. The minimum Gasteiger partial charge on any atom is -0.222 e. The summed E-state index contributed by atoms with van der Waals surface area (Å²) in [6.45, 7) is 0. The topological polar surface area (TPSA) is 41.6 Å². The van der Waals surface area contributed by atoms with Crippen LogP contribution in [0.25, 0.3) is 16.6 Å². The Bertz CT molecular complexity index is 751. The fourth-order valence-electron chi connectivity index (χ4n) is 1.91. The average molecular weight is 237 g/mol. The predicted molar refractivity (Wildman–Crippen MR) is 65.7 cm³/mol. The van der Waals surface area contributed by atoms with E-state index in [9.17, 15) is 9.65 Å². The average Bonchev–Trinajstić information content (AvgIpc) is 2.78. The van der Waals surface area contributed by atoms with Gasteiger partial charge < -0.3 is 0 Å². The number of aromatic nitrogens is 2. The summed E-state index contributed by atoms with van der Waals surface area (Å²) < 4.78 is 14.4. The van der Waals surface area contributed by atoms with E-state index in [0.29, 0.717) is 11.4 Å². The minimum absolute atomic E-state index is 0.311. The highest BCUT2D eigenvalue weighted by Crippen LogP contribution is 2.20. The van der Waals surface area contributed by atoms with Crippen LogP contribution < -0.4 is 0 Å². The summed E-state index contributed by atoms with van der Waals surface area (Å²) in [5.74, 6) is -0.311. The summed E-state index contributed by atoms with van der Waals surface area (Å²) in [5.41, 5.74) is 1.87. The van der Waals surface area contributed by atoms with Gasteiger partial charge in [0, 0.05) is 5.39 Å². The molecular formula is C14H8FN3. The standard InChI is InChI=1S/C14H8FN3/c15-10-5-7-11(8-6-10)18-14(9-16)12-3-1-2-4-13(12)17-18/h1-8H. The third kappa shape index (κ3) is 1.54. The lowest BCUT2D eigenvalue weighted by Crippen LogP contribution is -1.99. The molecule has 0 radical (unpaired) electrons. The number of benzene rings is 2. The van der Waals surface area contributed by atoms with E-state index in [-0.39, 0.29) is 5.82 Å². The van der Waals surface area contributed by atoms with Crippen LogP contribution in [0.5, 0.6) is 0 Å². The predicted octanol–water partition coefficient (Wildman–Crippen LogP) is 3.04. The van der Waals surface area contributed by atoms with Crippen LogP contribution in [0.1, 0.15) is 5.69 Å². The second-order valence-electron chi connectivity index (χ2n) is 3.87. The maximum absolute atomic E-state index is 12.9. The van der Waals surface area contributed by atoms with Crippen molar-refractivity contribution in [3.63, 3.8) is 0 Å². The number of nitrogens with zero attached hydrogens (tertiary/aromatic N) is 3. The number of halogens is 1. The molecule has 0 saturated heterocycles. The Morgan fingerprint density at radius 3 is 2.50 bits per heavy atom. The van der Waals surface area contributed by atoms with Crippen LogP contribution in [-0.4, -0.2) is 9.78 Å². The van der Waals surface area contributed by atoms with Gasteiger partial charge in [-0.3, -0.25) is 0 Å². The Kier molecular flexibility index (Phi) is 2.31. The van der Waals surface area contributed by atoms with Gasteiger partial charge in [0.1, 0.15) is 11.9 Å². The Morgan fingerprint density at radius 1 is 1.06 bits per heavy atom. The molecule has 1 heterocycles. The normalized spacial score (nSPS) is 10.4. The van der Waals surface area contributed by atoms with Crippen molar-refractivity contribution in [3.05, 3.63) is 60.0 Å². The summed E-state index contributed by atoms with van der Waals surface area (Å²) in [4.78, 5) is 0. The maximum Gasteiger partial charge on any atom is 0.152 e. The van der Waals surface area contributed by atoms with E-state index in [4.69, 9.17) is 0 Å². The first-order valence-electron chi connectivity index (χ1n) is 5.43. The quantitative estimate of drug-likeness (QED) is 0.652. The van der Waals surface area contributed by atoms with Crippen molar-refractivity contribution >= 4 is 10.9 Å². The number of fused-ring (bicyclic) bond motifs is 1. The summed E-state index contributed by atoms with van der Waals surface area (Å²) in [7, 11) is 0. The summed E-state index contributed by atoms with van der Waals surface area (Å²) in [6, 6.07) is 15.5. The van der Waals surface area contributed by atoms with Crippen LogP contribution >= 0.6 is 0 Å². The molecule has 4 heteroatoms. The lowest BCUT2D eigenvalue weighted by atomic mass is 10.2. The van der Waals surface area contributed by atoms with Crippen molar-refractivity contribution in [2.75, 3.05) is 0 Å². The number of hydrogen-bond acceptors (Lipinski definition) is 2. The fraction of sp³-hybridized carbons (Fsp3) is 0. The first-order valence-corrected chi connectivity index (χ1v) is 5.43. The van der Waals surface area contributed by atoms with Crippen LogP contribution in [0.2, 0.25) is 0 Å². The van der Waals surface area contributed by atoms with E-state index in [1.165, 1.54) is 16.8 Å². The molecule has 0 atom stereocenters. The van der Waals surface area contributed by atoms with Crippen molar-refractivity contribution in [1.82, 2.24) is 9.78 Å². The number of rotatable bonds is 1. The number of nitriles is 1. The summed E-state index contributed by atoms with van der Waals surface area (Å²) >= 11 is 0. The van der Waals surface area contributed by atoms with Crippen molar-refractivity contribution in [2.45, 2.75) is 0 Å². The highest BCUT2D eigenvalue weighted by Gasteiger charge is 2.11. The largest absolute Gasteiger partial charge is 0.222 e. The Labute approximate surface area is 103 Å². The second kappa shape index (κ2) is 3.97. The molecule has 3 aromatic rings. The van der Waals surface area contributed by atoms with Crippen LogP contribution in [0.4, 0.5) is 4.39 Å². The zero-order valence-corrected chi connectivity index (χ0v) is 9.34. The van der Waals surface area contributed by atoms with Gasteiger partial charge in [-0.15, -0.1) is 0 Å². The molecule has 0 spiro atoms. The van der Waals surface area contributed by atoms with Crippen molar-refractivity contribution in [1.29, 1.82) is 5.26 Å². The van der Waals surface area contributed by atoms with Gasteiger partial charge in [-0.2, -0.15) is 10.4 Å². The van der Waals surface area contributed by atoms with E-state index in [1.807, 2.05) is 24.3 Å². The van der Waals surface area contributed by atoms with Gasteiger partial charge in [0.2, 0.25) is 0 Å². The van der Waals surface area contributed by atoms with E-state index < -0.39 is 0 Å². The molecule has 86 valence electrons. The van der Waals surface area contributed by atoms with Crippen molar-refractivity contribution in [3.8, 4) is 11.8 Å². The van der Waals surface area contributed by atoms with Gasteiger partial charge in [0.05, 0.1) is 11.2 Å². The van der Waals surface area contributed by atoms with Gasteiger partial charge in [0.25, 0.3) is 0 Å². The zero-order valence-electron chi connectivity index (χ0n) is 9.34. The highest BCUT2D eigenvalue weighted by atomic mass is 19.1. The molecule has 0 saturated carbocycles. The fourth-order valence-corrected chi connectivity index (χ4v) is 1.91. The highest BCUT2D eigenvalue weighted by molar-refractivity contribution is 5.84. The molecule has 0 bridgehead atoms. The molecule has 0 aliphatic rings. The van der Waals surface area contributed by atoms with E-state index in [2.05, 4.69) is 11.2 Å². The van der Waals surface area contributed by atoms with Gasteiger partial charge in [0.15, 0.2) is 5.69 Å². The van der Waals surface area contributed by atoms with Crippen LogP contribution in [0.3, 0.4) is 0 Å². The molecule has 18 heavy (non-hydrogen) atoms. The lowest BCUT2D eigenvalue weighted by molar-refractivity contribution is 0.627. The van der Waals surface area contributed by atoms with E-state index >= 15 is 0 Å². The zero-order chi connectivity index (χ0) is 12.5. The van der Waals surface area contributed by atoms with Gasteiger partial charge in [-0.05, 0) is 36.4 Å². The van der Waals surface area contributed by atoms with E-state index in [0.717, 1.165) is 10.9 Å². The van der Waals surface area contributed by atoms with Gasteiger partial charge >= 0.3 is 0 Å². The SMILES string of the molecule is N#Cc1c2ccccc2nn1-c1ccc(F)cc1. The van der Waals surface area contributed by atoms with Gasteiger partial charge in [-0.25, -0.2) is 9.07 Å². The smallest absolute Gasteiger partial charge is 0.152 e. The lowest BCUT2D eigenvalue weighted by Gasteiger charge is -2.01. The van der Waals surface area contributed by atoms with Crippen LogP contribution in [-0.2, 0) is 0 Å². The minimum atomic E-state index is -0.311. The van der Waals surface area contributed by atoms with Crippen LogP contribution in [0.15, 0.2) is 48.5 Å². The van der Waals surface area contributed by atoms with Crippen molar-refractivity contribution < 1.29 is 4.39 Å². The molecule has 3 nitrogen and oxygen atoms in total. The molecule has 2 aromatic carbocycles. The molecular weight excluding hydrogens is 229 g/mol. The second-order valence-corrected chi connectivity index (χ2v) is 3.87. The summed E-state index contributed by atoms with van der Waals surface area (Å²) in [5, 5.41) is 14.4. The Morgan fingerprint density at radius 2 is 1.78 bits per heavy atom. The maximum atomic E-state index is 12.9. The monoisotopic (exact) mass is 237 g/mol. The molecule has 0 unspecified atom stereocenters. The van der Waals surface area contributed by atoms with Crippen molar-refractivity contribution in [2.24, 2.45) is 0 Å². The molecule has 0 aliphatic heterocycles.